The number of ether oxygens (including phenoxy) is 1. The molecule has 3 rings (SSSR count). The standard InChI is InChI=1S/C24H30ClN3O3/c1-16(2)24(30)28-12-10-27(11-13-28)21-9-8-19(14-20(21)25)26-23(29)15-31-22-7-5-6-17(3)18(22)4/h5-9,14,16H,10-13,15H2,1-4H3,(H,26,29). The van der Waals surface area contributed by atoms with Gasteiger partial charge in [-0.3, -0.25) is 9.59 Å². The first-order valence-corrected chi connectivity index (χ1v) is 11.0. The highest BCUT2D eigenvalue weighted by atomic mass is 35.5. The Balaban J connectivity index is 1.55. The Morgan fingerprint density at radius 1 is 1.10 bits per heavy atom. The molecule has 1 aliphatic rings. The molecule has 2 amide bonds. The first-order chi connectivity index (χ1) is 14.8. The summed E-state index contributed by atoms with van der Waals surface area (Å²) in [6, 6.07) is 11.3. The normalized spacial score (nSPS) is 14.0. The molecule has 0 unspecified atom stereocenters. The number of carbonyl (C=O) groups excluding carboxylic acids is 2. The van der Waals surface area contributed by atoms with E-state index in [1.165, 1.54) is 0 Å². The number of benzene rings is 2. The smallest absolute Gasteiger partial charge is 0.262 e. The largest absolute Gasteiger partial charge is 0.483 e. The molecule has 0 atom stereocenters. The molecule has 31 heavy (non-hydrogen) atoms. The van der Waals surface area contributed by atoms with Gasteiger partial charge in [0.1, 0.15) is 5.75 Å². The monoisotopic (exact) mass is 443 g/mol. The van der Waals surface area contributed by atoms with Crippen LogP contribution in [0.4, 0.5) is 11.4 Å². The number of hydrogen-bond acceptors (Lipinski definition) is 4. The van der Waals surface area contributed by atoms with Crippen LogP contribution < -0.4 is 15.0 Å². The summed E-state index contributed by atoms with van der Waals surface area (Å²) in [4.78, 5) is 28.5. The van der Waals surface area contributed by atoms with E-state index in [0.717, 1.165) is 29.9 Å². The number of amides is 2. The predicted molar refractivity (Wildman–Crippen MR) is 125 cm³/mol. The van der Waals surface area contributed by atoms with Crippen molar-refractivity contribution in [1.29, 1.82) is 0 Å². The number of halogens is 1. The SMILES string of the molecule is Cc1cccc(OCC(=O)Nc2ccc(N3CCN(C(=O)C(C)C)CC3)c(Cl)c2)c1C. The van der Waals surface area contributed by atoms with E-state index in [2.05, 4.69) is 10.2 Å². The maximum Gasteiger partial charge on any atom is 0.262 e. The lowest BCUT2D eigenvalue weighted by molar-refractivity contribution is -0.134. The van der Waals surface area contributed by atoms with Crippen LogP contribution >= 0.6 is 11.6 Å². The maximum absolute atomic E-state index is 12.3. The third kappa shape index (κ3) is 5.70. The fraction of sp³-hybridized carbons (Fsp3) is 0.417. The fourth-order valence-corrected chi connectivity index (χ4v) is 3.89. The molecule has 1 N–H and O–H groups in total. The van der Waals surface area contributed by atoms with Gasteiger partial charge in [-0.15, -0.1) is 0 Å². The summed E-state index contributed by atoms with van der Waals surface area (Å²) in [5.41, 5.74) is 3.67. The molecule has 1 fully saturated rings. The zero-order valence-electron chi connectivity index (χ0n) is 18.6. The van der Waals surface area contributed by atoms with Gasteiger partial charge >= 0.3 is 0 Å². The summed E-state index contributed by atoms with van der Waals surface area (Å²) in [6.07, 6.45) is 0. The lowest BCUT2D eigenvalue weighted by Crippen LogP contribution is -2.50. The summed E-state index contributed by atoms with van der Waals surface area (Å²) in [6.45, 7) is 10.6. The van der Waals surface area contributed by atoms with Crippen LogP contribution in [0.15, 0.2) is 36.4 Å². The van der Waals surface area contributed by atoms with Crippen LogP contribution in [0.3, 0.4) is 0 Å². The van der Waals surface area contributed by atoms with Gasteiger partial charge in [0.2, 0.25) is 5.91 Å². The number of nitrogens with zero attached hydrogens (tertiary/aromatic N) is 2. The van der Waals surface area contributed by atoms with Crippen molar-refractivity contribution in [2.45, 2.75) is 27.7 Å². The summed E-state index contributed by atoms with van der Waals surface area (Å²) in [5.74, 6) is 0.660. The molecule has 0 aliphatic carbocycles. The van der Waals surface area contributed by atoms with Gasteiger partial charge in [0, 0.05) is 37.8 Å². The van der Waals surface area contributed by atoms with Crippen molar-refractivity contribution in [2.75, 3.05) is 43.0 Å². The Morgan fingerprint density at radius 2 is 1.81 bits per heavy atom. The number of rotatable bonds is 6. The fourth-order valence-electron chi connectivity index (χ4n) is 3.59. The molecule has 0 saturated carbocycles. The topological polar surface area (TPSA) is 61.9 Å². The van der Waals surface area contributed by atoms with E-state index in [9.17, 15) is 9.59 Å². The second kappa shape index (κ2) is 10.1. The van der Waals surface area contributed by atoms with E-state index in [1.54, 1.807) is 6.07 Å². The van der Waals surface area contributed by atoms with E-state index >= 15 is 0 Å². The second-order valence-electron chi connectivity index (χ2n) is 8.17. The summed E-state index contributed by atoms with van der Waals surface area (Å²) in [7, 11) is 0. The molecule has 0 aromatic heterocycles. The van der Waals surface area contributed by atoms with Crippen LogP contribution in [0.25, 0.3) is 0 Å². The molecular weight excluding hydrogens is 414 g/mol. The highest BCUT2D eigenvalue weighted by Crippen LogP contribution is 2.30. The van der Waals surface area contributed by atoms with Gasteiger partial charge < -0.3 is 19.9 Å². The van der Waals surface area contributed by atoms with Crippen LogP contribution in [0.2, 0.25) is 5.02 Å². The molecule has 1 saturated heterocycles. The van der Waals surface area contributed by atoms with Crippen LogP contribution in [-0.4, -0.2) is 49.5 Å². The van der Waals surface area contributed by atoms with Crippen molar-refractivity contribution in [1.82, 2.24) is 4.90 Å². The van der Waals surface area contributed by atoms with Gasteiger partial charge in [-0.1, -0.05) is 37.6 Å². The maximum atomic E-state index is 12.3. The van der Waals surface area contributed by atoms with Crippen LogP contribution in [0.1, 0.15) is 25.0 Å². The van der Waals surface area contributed by atoms with Crippen LogP contribution in [0.5, 0.6) is 5.75 Å². The van der Waals surface area contributed by atoms with Gasteiger partial charge in [0.25, 0.3) is 5.91 Å². The van der Waals surface area contributed by atoms with Gasteiger partial charge in [-0.25, -0.2) is 0 Å². The summed E-state index contributed by atoms with van der Waals surface area (Å²) >= 11 is 6.50. The Bertz CT molecular complexity index is 953. The Labute approximate surface area is 189 Å². The Hall–Kier alpha value is -2.73. The minimum Gasteiger partial charge on any atom is -0.483 e. The first-order valence-electron chi connectivity index (χ1n) is 10.6. The number of carbonyl (C=O) groups is 2. The zero-order valence-corrected chi connectivity index (χ0v) is 19.3. The van der Waals surface area contributed by atoms with E-state index < -0.39 is 0 Å². The van der Waals surface area contributed by atoms with Crippen molar-refractivity contribution in [3.8, 4) is 5.75 Å². The highest BCUT2D eigenvalue weighted by molar-refractivity contribution is 6.33. The minimum absolute atomic E-state index is 0.0110. The first kappa shape index (κ1) is 22.9. The molecular formula is C24H30ClN3O3. The van der Waals surface area contributed by atoms with Crippen molar-refractivity contribution >= 4 is 34.8 Å². The molecule has 7 heteroatoms. The Morgan fingerprint density at radius 3 is 2.45 bits per heavy atom. The van der Waals surface area contributed by atoms with Gasteiger partial charge in [-0.2, -0.15) is 0 Å². The van der Waals surface area contributed by atoms with Crippen molar-refractivity contribution < 1.29 is 14.3 Å². The average molecular weight is 444 g/mol. The van der Waals surface area contributed by atoms with E-state index in [1.807, 2.05) is 62.9 Å². The third-order valence-corrected chi connectivity index (χ3v) is 5.87. The summed E-state index contributed by atoms with van der Waals surface area (Å²) in [5, 5.41) is 3.40. The van der Waals surface area contributed by atoms with E-state index in [4.69, 9.17) is 16.3 Å². The average Bonchev–Trinajstić information content (AvgIpc) is 2.74. The molecule has 1 aliphatic heterocycles. The minimum atomic E-state index is -0.245. The van der Waals surface area contributed by atoms with Gasteiger partial charge in [-0.05, 0) is 49.2 Å². The van der Waals surface area contributed by atoms with Crippen molar-refractivity contribution in [2.24, 2.45) is 5.92 Å². The predicted octanol–water partition coefficient (Wildman–Crippen LogP) is 4.28. The number of piperazine rings is 1. The van der Waals surface area contributed by atoms with Crippen molar-refractivity contribution in [3.05, 3.63) is 52.5 Å². The third-order valence-electron chi connectivity index (χ3n) is 5.57. The van der Waals surface area contributed by atoms with Gasteiger partial charge in [0.05, 0.1) is 10.7 Å². The Kier molecular flexibility index (Phi) is 7.44. The number of hydrogen-bond donors (Lipinski definition) is 1. The van der Waals surface area contributed by atoms with Crippen LogP contribution in [0, 0.1) is 19.8 Å². The van der Waals surface area contributed by atoms with Crippen LogP contribution in [-0.2, 0) is 9.59 Å². The highest BCUT2D eigenvalue weighted by Gasteiger charge is 2.24. The number of aryl methyl sites for hydroxylation is 1. The molecule has 6 nitrogen and oxygen atoms in total. The molecule has 0 bridgehead atoms. The molecule has 0 spiro atoms. The van der Waals surface area contributed by atoms with Gasteiger partial charge in [0.15, 0.2) is 6.61 Å². The number of nitrogens with one attached hydrogen (secondary N) is 1. The second-order valence-corrected chi connectivity index (χ2v) is 8.58. The summed E-state index contributed by atoms with van der Waals surface area (Å²) < 4.78 is 5.66. The lowest BCUT2D eigenvalue weighted by Gasteiger charge is -2.37. The molecule has 0 radical (unpaired) electrons. The molecule has 166 valence electrons. The van der Waals surface area contributed by atoms with E-state index in [0.29, 0.717) is 29.5 Å². The lowest BCUT2D eigenvalue weighted by atomic mass is 10.1. The van der Waals surface area contributed by atoms with Crippen molar-refractivity contribution in [3.63, 3.8) is 0 Å². The van der Waals surface area contributed by atoms with E-state index in [-0.39, 0.29) is 24.3 Å². The molecule has 1 heterocycles. The zero-order chi connectivity index (χ0) is 22.5. The molecule has 2 aromatic rings. The number of anilines is 2. The molecule has 2 aromatic carbocycles. The quantitative estimate of drug-likeness (QED) is 0.723.